The second-order valence-corrected chi connectivity index (χ2v) is 32.6. The van der Waals surface area contributed by atoms with Crippen molar-refractivity contribution < 1.29 is 142 Å². The molecule has 31 N–H and O–H groups in total. The van der Waals surface area contributed by atoms with E-state index in [0.717, 1.165) is 16.7 Å². The summed E-state index contributed by atoms with van der Waals surface area (Å²) in [6.07, 6.45) is -5.77. The highest BCUT2D eigenvalue weighted by molar-refractivity contribution is 6.02. The number of aliphatic carboxylic acids is 3. The zero-order chi connectivity index (χ0) is 101. The molecule has 17 amide bonds. The molecular formula is C85H123N21O29. The van der Waals surface area contributed by atoms with Crippen molar-refractivity contribution in [3.8, 4) is 11.5 Å². The minimum Gasteiger partial charge on any atom is -0.508 e. The zero-order valence-electron chi connectivity index (χ0n) is 75.0. The van der Waals surface area contributed by atoms with E-state index in [1.165, 1.54) is 48.5 Å². The first-order chi connectivity index (χ1) is 63.8. The number of nitrogens with two attached hydrogens (primary N) is 3. The van der Waals surface area contributed by atoms with E-state index in [0.29, 0.717) is 24.0 Å². The molecule has 2 heterocycles. The molecule has 5 rings (SSSR count). The van der Waals surface area contributed by atoms with Crippen LogP contribution in [0.2, 0.25) is 0 Å². The van der Waals surface area contributed by atoms with Gasteiger partial charge in [-0.3, -0.25) is 101 Å². The molecule has 18 atom stereocenters. The van der Waals surface area contributed by atoms with Crippen molar-refractivity contribution in [3.05, 3.63) is 95.6 Å². The zero-order valence-corrected chi connectivity index (χ0v) is 75.0. The minimum atomic E-state index is -2.30. The SMILES string of the molecule is CC[C@H](C)[C@H](N)C(=O)N[C@H](C(=O)N[C@@H](Cc1ccc(O)cc1)C(=O)N1CCC[C@H]1C(=O)NCC(=O)N[C@@H](CC(=O)O)C(=O)N[C@@H](CO)C(=O)N[C@@H](CC(=O)O)C(=O)N[C@H](C(=O)N[C@@H](CCCNC(=N)N)C(=O)N[C@@H](Cc1ccc(O)cc1)C(=O)N[C@@H](CO)C(=O)N1CCC[C@H]1C(=O)N[C@@H](CO)C(=O)N[C@@H](Cc1ccccc1)C(=O)N[C@@H](CCC(N)=O)C(=O)NCC(=O)O)[C@@H](C)O)[C@@H](C)CC. The van der Waals surface area contributed by atoms with Crippen molar-refractivity contribution >= 4 is 124 Å². The summed E-state index contributed by atoms with van der Waals surface area (Å²) in [5, 5.41) is 134. The third-order valence-corrected chi connectivity index (χ3v) is 22.2. The van der Waals surface area contributed by atoms with Gasteiger partial charge in [0, 0.05) is 45.3 Å². The summed E-state index contributed by atoms with van der Waals surface area (Å²) in [6.45, 7) is 2.06. The number of aliphatic hydroxyl groups is 4. The van der Waals surface area contributed by atoms with Crippen LogP contribution in [0.5, 0.6) is 11.5 Å². The first kappa shape index (κ1) is 111. The number of benzene rings is 3. The molecule has 50 heteroatoms. The fourth-order valence-electron chi connectivity index (χ4n) is 14.3. The highest BCUT2D eigenvalue weighted by atomic mass is 16.4. The van der Waals surface area contributed by atoms with Gasteiger partial charge in [0.05, 0.1) is 51.4 Å². The number of nitrogens with one attached hydrogen (secondary N) is 16. The second kappa shape index (κ2) is 55.3. The van der Waals surface area contributed by atoms with Crippen molar-refractivity contribution in [3.63, 3.8) is 0 Å². The number of phenolic OH excluding ortho intramolecular Hbond substituents is 2. The standard InChI is InChI=1S/C85H123N21O29/c1-6-42(3)67(87)80(131)103-68(43(4)7-2)81(132)99-56(34-47-21-25-49(112)26-22-47)83(134)105-30-12-17-60(105)78(129)91-37-63(114)93-54(35-64(115)116)74(125)100-57(39-107)76(127)98-55(36-65(117)118)75(126)104-69(44(5)110)82(133)95-50(16-11-29-90-85(88)89)71(122)96-53(33-46-19-23-48(111)24-20-46)73(124)102-59(41-109)84(135)106-31-13-18-61(106)79(130)101-58(40-108)77(128)97-52(32-45-14-9-8-10-15-45)72(123)94-51(27-28-62(86)113)70(121)92-38-66(119)120/h8-10,14-15,19-26,42-44,50-61,67-69,107-112H,6-7,11-13,16-18,27-41,87H2,1-5H3,(H2,86,113)(H,91,129)(H,92,121)(H,93,114)(H,94,123)(H,95,133)(H,96,122)(H,97,128)(H,98,127)(H,99,132)(H,100,125)(H,101,130)(H,102,124)(H,103,131)(H,104,126)(H,115,116)(H,117,118)(H,119,120)(H4,88,89,90)/t42-,43-,44+,50-,51-,52-,53-,54-,55-,56-,57-,58-,59-,60-,61-,67-,68-,69-/m0/s1. The number of carbonyl (C=O) groups excluding carboxylic acids is 17. The van der Waals surface area contributed by atoms with Crippen molar-refractivity contribution in [2.45, 2.75) is 228 Å². The van der Waals surface area contributed by atoms with E-state index < -0.39 is 298 Å². The lowest BCUT2D eigenvalue weighted by atomic mass is 9.95. The van der Waals surface area contributed by atoms with E-state index in [2.05, 4.69) is 69.1 Å². The van der Waals surface area contributed by atoms with Crippen LogP contribution in [0.25, 0.3) is 0 Å². The molecule has 0 aliphatic carbocycles. The maximum Gasteiger partial charge on any atom is 0.322 e. The van der Waals surface area contributed by atoms with E-state index in [-0.39, 0.29) is 87.6 Å². The molecule has 2 saturated heterocycles. The van der Waals surface area contributed by atoms with Gasteiger partial charge in [0.2, 0.25) is 100 Å². The van der Waals surface area contributed by atoms with Crippen LogP contribution in [0, 0.1) is 17.2 Å². The Hall–Kier alpha value is -14.3. The summed E-state index contributed by atoms with van der Waals surface area (Å²) in [6, 6.07) is -7.05. The molecule has 0 saturated carbocycles. The van der Waals surface area contributed by atoms with Crippen LogP contribution in [0.15, 0.2) is 78.9 Å². The highest BCUT2D eigenvalue weighted by Gasteiger charge is 2.44. The maximum absolute atomic E-state index is 14.7. The molecule has 3 aromatic carbocycles. The summed E-state index contributed by atoms with van der Waals surface area (Å²) in [5.74, 6) is -25.7. The maximum atomic E-state index is 14.7. The Morgan fingerprint density at radius 1 is 0.415 bits per heavy atom. The number of aliphatic hydroxyl groups excluding tert-OH is 4. The van der Waals surface area contributed by atoms with Gasteiger partial charge >= 0.3 is 17.9 Å². The van der Waals surface area contributed by atoms with Crippen LogP contribution in [0.1, 0.15) is 128 Å². The van der Waals surface area contributed by atoms with Crippen LogP contribution in [0.4, 0.5) is 0 Å². The van der Waals surface area contributed by atoms with Crippen molar-refractivity contribution in [2.24, 2.45) is 29.0 Å². The monoisotopic (exact) mass is 1900 g/mol. The number of likely N-dealkylation sites (tertiary alicyclic amines) is 2. The molecule has 742 valence electrons. The van der Waals surface area contributed by atoms with Crippen LogP contribution >= 0.6 is 0 Å². The topological polar surface area (TPSA) is 812 Å². The highest BCUT2D eigenvalue weighted by Crippen LogP contribution is 2.24. The number of phenols is 2. The number of hydrogen-bond donors (Lipinski definition) is 28. The smallest absolute Gasteiger partial charge is 0.322 e. The van der Waals surface area contributed by atoms with E-state index in [1.54, 1.807) is 51.1 Å². The molecule has 0 bridgehead atoms. The number of nitrogens with zero attached hydrogens (tertiary/aromatic N) is 2. The first-order valence-corrected chi connectivity index (χ1v) is 43.5. The molecule has 3 aromatic rings. The number of guanidine groups is 1. The van der Waals surface area contributed by atoms with Gasteiger partial charge in [0.25, 0.3) is 0 Å². The summed E-state index contributed by atoms with van der Waals surface area (Å²) in [7, 11) is 0. The number of carbonyl (C=O) groups is 20. The quantitative estimate of drug-likeness (QED) is 0.0142. The molecule has 0 radical (unpaired) electrons. The summed E-state index contributed by atoms with van der Waals surface area (Å²) in [4.78, 5) is 274. The van der Waals surface area contributed by atoms with Gasteiger partial charge in [0.1, 0.15) is 103 Å². The van der Waals surface area contributed by atoms with Gasteiger partial charge in [0.15, 0.2) is 5.96 Å². The first-order valence-electron chi connectivity index (χ1n) is 43.5. The van der Waals surface area contributed by atoms with E-state index in [4.69, 9.17) is 27.7 Å². The Morgan fingerprint density at radius 3 is 1.30 bits per heavy atom. The lowest BCUT2D eigenvalue weighted by molar-refractivity contribution is -0.143. The molecule has 135 heavy (non-hydrogen) atoms. The molecule has 2 aliphatic heterocycles. The van der Waals surface area contributed by atoms with Crippen LogP contribution in [-0.2, 0) is 115 Å². The third kappa shape index (κ3) is 36.3. The Morgan fingerprint density at radius 2 is 0.815 bits per heavy atom. The fourth-order valence-corrected chi connectivity index (χ4v) is 14.3. The lowest BCUT2D eigenvalue weighted by Gasteiger charge is -2.31. The number of primary amides is 1. The number of amides is 17. The molecule has 0 spiro atoms. The van der Waals surface area contributed by atoms with Gasteiger partial charge in [-0.2, -0.15) is 0 Å². The van der Waals surface area contributed by atoms with Gasteiger partial charge < -0.3 is 153 Å². The Kier molecular flexibility index (Phi) is 45.6. The van der Waals surface area contributed by atoms with Gasteiger partial charge in [-0.1, -0.05) is 95.1 Å². The van der Waals surface area contributed by atoms with E-state index in [1.807, 2.05) is 17.6 Å². The van der Waals surface area contributed by atoms with Crippen LogP contribution in [0.3, 0.4) is 0 Å². The molecule has 0 unspecified atom stereocenters. The Bertz CT molecular complexity index is 4670. The molecular weight excluding hydrogens is 1780 g/mol. The second-order valence-electron chi connectivity index (χ2n) is 32.6. The van der Waals surface area contributed by atoms with Gasteiger partial charge in [-0.15, -0.1) is 0 Å². The van der Waals surface area contributed by atoms with Crippen LogP contribution < -0.4 is 97.0 Å². The van der Waals surface area contributed by atoms with Gasteiger partial charge in [-0.25, -0.2) is 0 Å². The van der Waals surface area contributed by atoms with Crippen molar-refractivity contribution in [1.82, 2.24) is 89.6 Å². The average Bonchev–Trinajstić information content (AvgIpc) is 1.65. The normalized spacial score (nSPS) is 16.9. The van der Waals surface area contributed by atoms with Crippen molar-refractivity contribution in [2.75, 3.05) is 52.5 Å². The largest absolute Gasteiger partial charge is 0.508 e. The molecule has 2 aliphatic rings. The predicted octanol–water partition coefficient (Wildman–Crippen LogP) is -9.50. The Labute approximate surface area is 774 Å². The number of carboxylic acid groups (broad SMARTS) is 3. The summed E-state index contributed by atoms with van der Waals surface area (Å²) < 4.78 is 0. The van der Waals surface area contributed by atoms with E-state index >= 15 is 0 Å². The van der Waals surface area contributed by atoms with Crippen molar-refractivity contribution in [1.29, 1.82) is 5.41 Å². The lowest BCUT2D eigenvalue weighted by Crippen LogP contribution is -2.62. The summed E-state index contributed by atoms with van der Waals surface area (Å²) in [5.41, 5.74) is 18.1. The molecule has 50 nitrogen and oxygen atoms in total. The minimum absolute atomic E-state index is 0.0296. The predicted molar refractivity (Wildman–Crippen MR) is 472 cm³/mol. The number of aromatic hydroxyl groups is 2. The van der Waals surface area contributed by atoms with Crippen LogP contribution in [-0.4, -0.2) is 329 Å². The van der Waals surface area contributed by atoms with Gasteiger partial charge in [-0.05, 0) is 105 Å². The third-order valence-electron chi connectivity index (χ3n) is 22.2. The van der Waals surface area contributed by atoms with E-state index in [9.17, 15) is 137 Å². The molecule has 0 aromatic heterocycles. The number of rotatable bonds is 56. The number of carboxylic acids is 3. The number of hydrogen-bond acceptors (Lipinski definition) is 28. The summed E-state index contributed by atoms with van der Waals surface area (Å²) >= 11 is 0. The fraction of sp³-hybridized carbons (Fsp3) is 0.541. The average molecular weight is 1900 g/mol. The molecule has 2 fully saturated rings. The Balaban J connectivity index is 1.30.